The Balaban J connectivity index is 1.52. The average molecular weight is 395 g/mol. The smallest absolute Gasteiger partial charge is 0.272 e. The van der Waals surface area contributed by atoms with Gasteiger partial charge in [-0.1, -0.05) is 37.1 Å². The maximum Gasteiger partial charge on any atom is 0.272 e. The van der Waals surface area contributed by atoms with Crippen LogP contribution in [0.1, 0.15) is 36.2 Å². The number of carbonyl (C=O) groups is 2. The zero-order valence-corrected chi connectivity index (χ0v) is 16.2. The van der Waals surface area contributed by atoms with E-state index in [1.807, 2.05) is 48.5 Å². The fourth-order valence-corrected chi connectivity index (χ4v) is 4.18. The molecular formula is C21H22N4O2S. The number of nitrogens with one attached hydrogen (secondary N) is 2. The lowest BCUT2D eigenvalue weighted by atomic mass is 10.2. The molecule has 28 heavy (non-hydrogen) atoms. The Morgan fingerprint density at radius 2 is 1.82 bits per heavy atom. The Morgan fingerprint density at radius 1 is 1.07 bits per heavy atom. The van der Waals surface area contributed by atoms with Crippen molar-refractivity contribution in [3.05, 3.63) is 60.4 Å². The number of rotatable bonds is 6. The number of hydrogen-bond donors (Lipinski definition) is 2. The van der Waals surface area contributed by atoms with E-state index in [4.69, 9.17) is 0 Å². The minimum atomic E-state index is -0.198. The van der Waals surface area contributed by atoms with E-state index in [0.29, 0.717) is 17.2 Å². The molecule has 2 heterocycles. The second-order valence-corrected chi connectivity index (χ2v) is 7.89. The molecule has 2 aromatic heterocycles. The largest absolute Gasteiger partial charge is 0.348 e. The molecule has 0 spiro atoms. The standard InChI is InChI=1S/C21H22N4O2S/c26-18(14-28-16-10-2-1-3-11-16)24-20-19(21(27)22-15-8-4-5-9-15)25-13-7-6-12-17(25)23-20/h1-3,6-7,10-13,15H,4-5,8-9,14H2,(H,22,27)(H,24,26). The summed E-state index contributed by atoms with van der Waals surface area (Å²) in [6, 6.07) is 15.5. The summed E-state index contributed by atoms with van der Waals surface area (Å²) in [6.45, 7) is 0. The lowest BCUT2D eigenvalue weighted by molar-refractivity contribution is -0.113. The highest BCUT2D eigenvalue weighted by atomic mass is 32.2. The van der Waals surface area contributed by atoms with Crippen molar-refractivity contribution in [2.24, 2.45) is 0 Å². The van der Waals surface area contributed by atoms with Crippen LogP contribution in [0.3, 0.4) is 0 Å². The summed E-state index contributed by atoms with van der Waals surface area (Å²) in [6.07, 6.45) is 6.06. The number of benzene rings is 1. The van der Waals surface area contributed by atoms with Crippen LogP contribution < -0.4 is 10.6 Å². The minimum absolute atomic E-state index is 0.188. The predicted octanol–water partition coefficient (Wildman–Crippen LogP) is 3.74. The molecule has 0 bridgehead atoms. The maximum absolute atomic E-state index is 12.9. The molecule has 2 amide bonds. The van der Waals surface area contributed by atoms with Gasteiger partial charge in [-0.2, -0.15) is 0 Å². The lowest BCUT2D eigenvalue weighted by Gasteiger charge is -2.13. The number of thioether (sulfide) groups is 1. The van der Waals surface area contributed by atoms with Gasteiger partial charge in [-0.25, -0.2) is 4.98 Å². The molecule has 0 radical (unpaired) electrons. The Labute approximate surface area is 167 Å². The molecule has 1 saturated carbocycles. The highest BCUT2D eigenvalue weighted by molar-refractivity contribution is 8.00. The van der Waals surface area contributed by atoms with Crippen molar-refractivity contribution in [2.75, 3.05) is 11.1 Å². The van der Waals surface area contributed by atoms with Gasteiger partial charge in [0.1, 0.15) is 5.65 Å². The molecule has 0 unspecified atom stereocenters. The van der Waals surface area contributed by atoms with Crippen molar-refractivity contribution in [1.82, 2.24) is 14.7 Å². The topological polar surface area (TPSA) is 75.5 Å². The fourth-order valence-electron chi connectivity index (χ4n) is 3.46. The fraction of sp³-hybridized carbons (Fsp3) is 0.286. The van der Waals surface area contributed by atoms with Gasteiger partial charge in [-0.15, -0.1) is 11.8 Å². The molecule has 1 aliphatic carbocycles. The van der Waals surface area contributed by atoms with Crippen LogP contribution in [0.4, 0.5) is 5.82 Å². The molecule has 1 aromatic carbocycles. The van der Waals surface area contributed by atoms with Crippen LogP contribution >= 0.6 is 11.8 Å². The van der Waals surface area contributed by atoms with E-state index in [1.54, 1.807) is 10.6 Å². The number of imidazole rings is 1. The lowest BCUT2D eigenvalue weighted by Crippen LogP contribution is -2.34. The molecule has 3 aromatic rings. The molecule has 7 heteroatoms. The number of carbonyl (C=O) groups excluding carboxylic acids is 2. The maximum atomic E-state index is 12.9. The second-order valence-electron chi connectivity index (χ2n) is 6.84. The van der Waals surface area contributed by atoms with Crippen molar-refractivity contribution in [3.8, 4) is 0 Å². The summed E-state index contributed by atoms with van der Waals surface area (Å²) in [4.78, 5) is 30.9. The number of anilines is 1. The summed E-state index contributed by atoms with van der Waals surface area (Å²) in [5.41, 5.74) is 1.01. The second kappa shape index (κ2) is 8.48. The minimum Gasteiger partial charge on any atom is -0.348 e. The zero-order chi connectivity index (χ0) is 19.3. The predicted molar refractivity (Wildman–Crippen MR) is 111 cm³/mol. The van der Waals surface area contributed by atoms with Crippen LogP contribution in [0.2, 0.25) is 0 Å². The van der Waals surface area contributed by atoms with Gasteiger partial charge in [-0.3, -0.25) is 14.0 Å². The normalized spacial score (nSPS) is 14.3. The van der Waals surface area contributed by atoms with Crippen molar-refractivity contribution < 1.29 is 9.59 Å². The number of aromatic nitrogens is 2. The Kier molecular flexibility index (Phi) is 5.62. The SMILES string of the molecule is O=C(CSc1ccccc1)Nc1nc2ccccn2c1C(=O)NC1CCCC1. The van der Waals surface area contributed by atoms with E-state index in [2.05, 4.69) is 15.6 Å². The summed E-state index contributed by atoms with van der Waals surface area (Å²) in [5, 5.41) is 5.91. The molecule has 144 valence electrons. The first-order valence-corrected chi connectivity index (χ1v) is 10.4. The molecule has 0 saturated heterocycles. The molecule has 6 nitrogen and oxygen atoms in total. The van der Waals surface area contributed by atoms with E-state index < -0.39 is 0 Å². The quantitative estimate of drug-likeness (QED) is 0.625. The first-order chi connectivity index (χ1) is 13.7. The zero-order valence-electron chi connectivity index (χ0n) is 15.4. The molecule has 1 fully saturated rings. The number of fused-ring (bicyclic) bond motifs is 1. The van der Waals surface area contributed by atoms with E-state index in [-0.39, 0.29) is 23.6 Å². The third-order valence-electron chi connectivity index (χ3n) is 4.81. The van der Waals surface area contributed by atoms with Crippen molar-refractivity contribution in [1.29, 1.82) is 0 Å². The Bertz CT molecular complexity index is 980. The van der Waals surface area contributed by atoms with E-state index in [9.17, 15) is 9.59 Å². The van der Waals surface area contributed by atoms with E-state index in [0.717, 1.165) is 30.6 Å². The van der Waals surface area contributed by atoms with Gasteiger partial charge in [0.15, 0.2) is 11.5 Å². The van der Waals surface area contributed by atoms with E-state index in [1.165, 1.54) is 11.8 Å². The summed E-state index contributed by atoms with van der Waals surface area (Å²) < 4.78 is 1.73. The highest BCUT2D eigenvalue weighted by Gasteiger charge is 2.24. The van der Waals surface area contributed by atoms with Crippen LogP contribution in [0, 0.1) is 0 Å². The first kappa shape index (κ1) is 18.6. The molecular weight excluding hydrogens is 372 g/mol. The average Bonchev–Trinajstić information content (AvgIpc) is 3.34. The number of pyridine rings is 1. The van der Waals surface area contributed by atoms with Gasteiger partial charge < -0.3 is 10.6 Å². The van der Waals surface area contributed by atoms with Gasteiger partial charge in [0.2, 0.25) is 5.91 Å². The van der Waals surface area contributed by atoms with Crippen LogP contribution in [0.15, 0.2) is 59.6 Å². The summed E-state index contributed by atoms with van der Waals surface area (Å²) in [7, 11) is 0. The van der Waals surface area contributed by atoms with Crippen LogP contribution in [-0.4, -0.2) is 33.0 Å². The van der Waals surface area contributed by atoms with Crippen LogP contribution in [-0.2, 0) is 4.79 Å². The van der Waals surface area contributed by atoms with Crippen LogP contribution in [0.5, 0.6) is 0 Å². The molecule has 0 atom stereocenters. The number of amides is 2. The molecule has 2 N–H and O–H groups in total. The third kappa shape index (κ3) is 4.20. The molecule has 1 aliphatic rings. The summed E-state index contributed by atoms with van der Waals surface area (Å²) in [5.74, 6) is 0.172. The summed E-state index contributed by atoms with van der Waals surface area (Å²) >= 11 is 1.45. The van der Waals surface area contributed by atoms with Gasteiger partial charge in [0.25, 0.3) is 5.91 Å². The monoisotopic (exact) mass is 394 g/mol. The highest BCUT2D eigenvalue weighted by Crippen LogP contribution is 2.22. The van der Waals surface area contributed by atoms with E-state index >= 15 is 0 Å². The van der Waals surface area contributed by atoms with Gasteiger partial charge in [-0.05, 0) is 37.1 Å². The van der Waals surface area contributed by atoms with Crippen molar-refractivity contribution in [3.63, 3.8) is 0 Å². The van der Waals surface area contributed by atoms with Crippen LogP contribution in [0.25, 0.3) is 5.65 Å². The van der Waals surface area contributed by atoms with Gasteiger partial charge >= 0.3 is 0 Å². The molecule has 4 rings (SSSR count). The Hall–Kier alpha value is -2.80. The van der Waals surface area contributed by atoms with Gasteiger partial charge in [0.05, 0.1) is 5.75 Å². The van der Waals surface area contributed by atoms with Gasteiger partial charge in [0, 0.05) is 17.1 Å². The number of nitrogens with zero attached hydrogens (tertiary/aromatic N) is 2. The Morgan fingerprint density at radius 3 is 2.61 bits per heavy atom. The third-order valence-corrected chi connectivity index (χ3v) is 5.82. The van der Waals surface area contributed by atoms with Crippen molar-refractivity contribution in [2.45, 2.75) is 36.6 Å². The van der Waals surface area contributed by atoms with Crippen molar-refractivity contribution >= 4 is 35.0 Å². The number of hydrogen-bond acceptors (Lipinski definition) is 4. The first-order valence-electron chi connectivity index (χ1n) is 9.46. The molecule has 0 aliphatic heterocycles.